The molecule has 5 nitrogen and oxygen atoms in total. The molecule has 24 heavy (non-hydrogen) atoms. The SMILES string of the molecule is C=C(NOC)C(=O)Oc1ccccc1COc1ccc(C)c(C)c1. The van der Waals surface area contributed by atoms with Crippen LogP contribution in [-0.4, -0.2) is 13.1 Å². The zero-order chi connectivity index (χ0) is 17.5. The van der Waals surface area contributed by atoms with Crippen molar-refractivity contribution >= 4 is 5.97 Å². The summed E-state index contributed by atoms with van der Waals surface area (Å²) in [6, 6.07) is 13.1. The van der Waals surface area contributed by atoms with E-state index in [-0.39, 0.29) is 12.3 Å². The number of hydroxylamine groups is 1. The molecule has 0 unspecified atom stereocenters. The first-order valence-corrected chi connectivity index (χ1v) is 7.49. The molecule has 0 aromatic heterocycles. The van der Waals surface area contributed by atoms with Crippen LogP contribution < -0.4 is 15.0 Å². The average Bonchev–Trinajstić information content (AvgIpc) is 2.57. The number of esters is 1. The van der Waals surface area contributed by atoms with Crippen molar-refractivity contribution in [2.24, 2.45) is 0 Å². The highest BCUT2D eigenvalue weighted by Crippen LogP contribution is 2.22. The summed E-state index contributed by atoms with van der Waals surface area (Å²) in [5.41, 5.74) is 5.50. The van der Waals surface area contributed by atoms with Crippen LogP contribution in [0, 0.1) is 13.8 Å². The van der Waals surface area contributed by atoms with Crippen molar-refractivity contribution in [1.29, 1.82) is 0 Å². The molecule has 0 aliphatic heterocycles. The Morgan fingerprint density at radius 3 is 2.58 bits per heavy atom. The van der Waals surface area contributed by atoms with Crippen LogP contribution in [-0.2, 0) is 16.2 Å². The molecule has 0 fully saturated rings. The maximum atomic E-state index is 11.9. The van der Waals surface area contributed by atoms with Crippen LogP contribution in [0.1, 0.15) is 16.7 Å². The zero-order valence-electron chi connectivity index (χ0n) is 14.1. The lowest BCUT2D eigenvalue weighted by Gasteiger charge is -2.13. The molecule has 5 heteroatoms. The second kappa shape index (κ2) is 8.17. The molecule has 2 aromatic carbocycles. The van der Waals surface area contributed by atoms with E-state index in [4.69, 9.17) is 9.47 Å². The number of carbonyl (C=O) groups excluding carboxylic acids is 1. The van der Waals surface area contributed by atoms with E-state index >= 15 is 0 Å². The quantitative estimate of drug-likeness (QED) is 0.365. The molecule has 0 heterocycles. The van der Waals surface area contributed by atoms with E-state index in [1.165, 1.54) is 12.7 Å². The first kappa shape index (κ1) is 17.6. The second-order valence-electron chi connectivity index (χ2n) is 5.32. The Labute approximate surface area is 141 Å². The van der Waals surface area contributed by atoms with Crippen LogP contribution in [0.25, 0.3) is 0 Å². The lowest BCUT2D eigenvalue weighted by molar-refractivity contribution is -0.131. The number of benzene rings is 2. The minimum absolute atomic E-state index is 0.0161. The third kappa shape index (κ3) is 4.60. The Morgan fingerprint density at radius 2 is 1.88 bits per heavy atom. The number of hydrogen-bond donors (Lipinski definition) is 1. The molecule has 0 saturated heterocycles. The summed E-state index contributed by atoms with van der Waals surface area (Å²) in [5, 5.41) is 0. The monoisotopic (exact) mass is 327 g/mol. The molecule has 0 amide bonds. The minimum atomic E-state index is -0.615. The Balaban J connectivity index is 2.07. The largest absolute Gasteiger partial charge is 0.489 e. The molecule has 2 aromatic rings. The van der Waals surface area contributed by atoms with Crippen molar-refractivity contribution in [3.05, 3.63) is 71.4 Å². The number of nitrogens with one attached hydrogen (secondary N) is 1. The fourth-order valence-electron chi connectivity index (χ4n) is 2.01. The predicted molar refractivity (Wildman–Crippen MR) is 91.6 cm³/mol. The molecular weight excluding hydrogens is 306 g/mol. The number of para-hydroxylation sites is 1. The molecule has 0 radical (unpaired) electrons. The van der Waals surface area contributed by atoms with E-state index < -0.39 is 5.97 Å². The van der Waals surface area contributed by atoms with E-state index in [0.29, 0.717) is 5.75 Å². The van der Waals surface area contributed by atoms with Crippen LogP contribution >= 0.6 is 0 Å². The predicted octanol–water partition coefficient (Wildman–Crippen LogP) is 3.45. The van der Waals surface area contributed by atoms with Gasteiger partial charge in [0.2, 0.25) is 0 Å². The topological polar surface area (TPSA) is 56.8 Å². The number of rotatable bonds is 7. The van der Waals surface area contributed by atoms with E-state index in [2.05, 4.69) is 23.8 Å². The molecule has 0 bridgehead atoms. The summed E-state index contributed by atoms with van der Waals surface area (Å²) in [5.74, 6) is 0.575. The molecule has 0 atom stereocenters. The van der Waals surface area contributed by atoms with Gasteiger partial charge in [0.1, 0.15) is 23.8 Å². The smallest absolute Gasteiger partial charge is 0.361 e. The summed E-state index contributed by atoms with van der Waals surface area (Å²) in [7, 11) is 1.39. The summed E-state index contributed by atoms with van der Waals surface area (Å²) < 4.78 is 11.1. The fourth-order valence-corrected chi connectivity index (χ4v) is 2.01. The van der Waals surface area contributed by atoms with Crippen molar-refractivity contribution in [3.63, 3.8) is 0 Å². The van der Waals surface area contributed by atoms with Gasteiger partial charge in [-0.15, -0.1) is 0 Å². The van der Waals surface area contributed by atoms with Gasteiger partial charge in [-0.1, -0.05) is 30.8 Å². The van der Waals surface area contributed by atoms with E-state index in [1.54, 1.807) is 12.1 Å². The summed E-state index contributed by atoms with van der Waals surface area (Å²) >= 11 is 0. The summed E-state index contributed by atoms with van der Waals surface area (Å²) in [6.45, 7) is 7.91. The summed E-state index contributed by atoms with van der Waals surface area (Å²) in [4.78, 5) is 16.5. The first-order valence-electron chi connectivity index (χ1n) is 7.49. The van der Waals surface area contributed by atoms with Crippen LogP contribution in [0.15, 0.2) is 54.7 Å². The fraction of sp³-hybridized carbons (Fsp3) is 0.211. The van der Waals surface area contributed by atoms with E-state index in [1.807, 2.05) is 37.3 Å². The van der Waals surface area contributed by atoms with Crippen LogP contribution in [0.5, 0.6) is 11.5 Å². The maximum absolute atomic E-state index is 11.9. The van der Waals surface area contributed by atoms with Crippen LogP contribution in [0.4, 0.5) is 0 Å². The van der Waals surface area contributed by atoms with Crippen molar-refractivity contribution in [2.75, 3.05) is 7.11 Å². The maximum Gasteiger partial charge on any atom is 0.361 e. The van der Waals surface area contributed by atoms with Gasteiger partial charge in [-0.2, -0.15) is 0 Å². The second-order valence-corrected chi connectivity index (χ2v) is 5.32. The summed E-state index contributed by atoms with van der Waals surface area (Å²) in [6.07, 6.45) is 0. The van der Waals surface area contributed by atoms with Gasteiger partial charge in [-0.25, -0.2) is 4.79 Å². The molecular formula is C19H21NO4. The van der Waals surface area contributed by atoms with Gasteiger partial charge in [-0.3, -0.25) is 10.3 Å². The molecule has 0 saturated carbocycles. The minimum Gasteiger partial charge on any atom is -0.489 e. The van der Waals surface area contributed by atoms with Gasteiger partial charge in [0, 0.05) is 5.56 Å². The van der Waals surface area contributed by atoms with Crippen molar-refractivity contribution < 1.29 is 19.1 Å². The van der Waals surface area contributed by atoms with Crippen molar-refractivity contribution in [3.8, 4) is 11.5 Å². The number of ether oxygens (including phenoxy) is 2. The molecule has 0 spiro atoms. The Bertz CT molecular complexity index is 740. The normalized spacial score (nSPS) is 10.1. The van der Waals surface area contributed by atoms with Gasteiger partial charge in [0.05, 0.1) is 7.11 Å². The third-order valence-corrected chi connectivity index (χ3v) is 3.52. The van der Waals surface area contributed by atoms with Gasteiger partial charge in [0.15, 0.2) is 0 Å². The zero-order valence-corrected chi connectivity index (χ0v) is 14.1. The van der Waals surface area contributed by atoms with Crippen LogP contribution in [0.2, 0.25) is 0 Å². The Kier molecular flexibility index (Phi) is 5.98. The van der Waals surface area contributed by atoms with E-state index in [9.17, 15) is 4.79 Å². The van der Waals surface area contributed by atoms with Gasteiger partial charge in [0.25, 0.3) is 0 Å². The van der Waals surface area contributed by atoms with Crippen LogP contribution in [0.3, 0.4) is 0 Å². The third-order valence-electron chi connectivity index (χ3n) is 3.52. The van der Waals surface area contributed by atoms with Crippen molar-refractivity contribution in [2.45, 2.75) is 20.5 Å². The van der Waals surface area contributed by atoms with Gasteiger partial charge < -0.3 is 9.47 Å². The lowest BCUT2D eigenvalue weighted by atomic mass is 10.1. The Hall–Kier alpha value is -2.79. The van der Waals surface area contributed by atoms with E-state index in [0.717, 1.165) is 16.9 Å². The van der Waals surface area contributed by atoms with Gasteiger partial charge >= 0.3 is 5.97 Å². The average molecular weight is 327 g/mol. The first-order chi connectivity index (χ1) is 11.5. The molecule has 126 valence electrons. The van der Waals surface area contributed by atoms with Gasteiger partial charge in [-0.05, 0) is 43.2 Å². The lowest BCUT2D eigenvalue weighted by Crippen LogP contribution is -2.22. The molecule has 0 aliphatic carbocycles. The standard InChI is InChI=1S/C19H21NO4/c1-13-9-10-17(11-14(13)2)23-12-16-7-5-6-8-18(16)24-19(21)15(3)20-22-4/h5-11,20H,3,12H2,1-2,4H3. The molecule has 2 rings (SSSR count). The van der Waals surface area contributed by atoms with Crippen molar-refractivity contribution in [1.82, 2.24) is 5.48 Å². The molecule has 1 N–H and O–H groups in total. The number of carbonyl (C=O) groups is 1. The Morgan fingerprint density at radius 1 is 1.12 bits per heavy atom. The number of hydrogen-bond acceptors (Lipinski definition) is 5. The molecule has 0 aliphatic rings. The highest BCUT2D eigenvalue weighted by molar-refractivity contribution is 5.88. The number of aryl methyl sites for hydroxylation is 2. The highest BCUT2D eigenvalue weighted by atomic mass is 16.6. The highest BCUT2D eigenvalue weighted by Gasteiger charge is 2.13.